The van der Waals surface area contributed by atoms with E-state index < -0.39 is 0 Å². The first-order chi connectivity index (χ1) is 13.8. The Bertz CT molecular complexity index is 979. The molecule has 6 heteroatoms. The molecule has 0 aliphatic rings. The van der Waals surface area contributed by atoms with Gasteiger partial charge in [-0.1, -0.05) is 55.0 Å². The molecule has 0 radical (unpaired) electrons. The van der Waals surface area contributed by atoms with Crippen molar-refractivity contribution in [2.75, 3.05) is 12.3 Å². The van der Waals surface area contributed by atoms with Gasteiger partial charge in [-0.2, -0.15) is 0 Å². The van der Waals surface area contributed by atoms with Crippen LogP contribution in [0.1, 0.15) is 34.8 Å². The quantitative estimate of drug-likeness (QED) is 0.318. The number of halogens is 1. The standard InChI is InChI=1S/C23H25ClN4O/c1-4-15(2)5-6-16(3)9-17-10-18(13-27-12-17)23(29)28-14-22(26)20-11-19(24)7-8-21(20)25/h5-8,10-13,26H,2-4,9,14,25H2,1H3,(H,28,29)/b6-5-,26-22?. The summed E-state index contributed by atoms with van der Waals surface area (Å²) >= 11 is 5.96. The molecular weight excluding hydrogens is 384 g/mol. The zero-order valence-electron chi connectivity index (χ0n) is 16.5. The van der Waals surface area contributed by atoms with Crippen LogP contribution >= 0.6 is 11.6 Å². The number of nitrogens with one attached hydrogen (secondary N) is 2. The Morgan fingerprint density at radius 1 is 1.24 bits per heavy atom. The Labute approximate surface area is 176 Å². The zero-order valence-corrected chi connectivity index (χ0v) is 17.2. The minimum Gasteiger partial charge on any atom is -0.398 e. The van der Waals surface area contributed by atoms with E-state index >= 15 is 0 Å². The van der Waals surface area contributed by atoms with Crippen LogP contribution in [0.5, 0.6) is 0 Å². The fourth-order valence-corrected chi connectivity index (χ4v) is 2.71. The van der Waals surface area contributed by atoms with E-state index in [1.807, 2.05) is 19.1 Å². The maximum absolute atomic E-state index is 12.5. The molecule has 4 N–H and O–H groups in total. The number of allylic oxidation sites excluding steroid dienone is 4. The van der Waals surface area contributed by atoms with Crippen LogP contribution in [0, 0.1) is 5.41 Å². The number of nitrogens with zero attached hydrogens (tertiary/aromatic N) is 1. The van der Waals surface area contributed by atoms with Gasteiger partial charge in [0.15, 0.2) is 0 Å². The minimum atomic E-state index is -0.315. The molecule has 150 valence electrons. The van der Waals surface area contributed by atoms with Gasteiger partial charge in [0.25, 0.3) is 5.91 Å². The highest BCUT2D eigenvalue weighted by atomic mass is 35.5. The maximum atomic E-state index is 12.5. The fraction of sp³-hybridized carbons (Fsp3) is 0.174. The van der Waals surface area contributed by atoms with Crippen molar-refractivity contribution in [3.63, 3.8) is 0 Å². The Morgan fingerprint density at radius 2 is 1.97 bits per heavy atom. The van der Waals surface area contributed by atoms with Crippen LogP contribution in [0.2, 0.25) is 5.02 Å². The van der Waals surface area contributed by atoms with Crippen molar-refractivity contribution in [3.05, 3.63) is 94.8 Å². The summed E-state index contributed by atoms with van der Waals surface area (Å²) in [7, 11) is 0. The SMILES string of the molecule is C=C(/C=C\C(=C)Cc1cncc(C(=O)NCC(=N)c2cc(Cl)ccc2N)c1)CC. The lowest BCUT2D eigenvalue weighted by atomic mass is 10.0. The van der Waals surface area contributed by atoms with Crippen molar-refractivity contribution >= 4 is 28.9 Å². The minimum absolute atomic E-state index is 0.0299. The third kappa shape index (κ3) is 6.73. The number of hydrogen-bond acceptors (Lipinski definition) is 4. The molecule has 0 bridgehead atoms. The molecule has 0 aliphatic carbocycles. The molecule has 0 unspecified atom stereocenters. The van der Waals surface area contributed by atoms with Gasteiger partial charge in [0.1, 0.15) is 0 Å². The molecule has 0 aliphatic heterocycles. The Morgan fingerprint density at radius 3 is 2.69 bits per heavy atom. The molecule has 0 saturated heterocycles. The van der Waals surface area contributed by atoms with E-state index in [-0.39, 0.29) is 18.2 Å². The second kappa shape index (κ2) is 10.4. The molecule has 0 fully saturated rings. The van der Waals surface area contributed by atoms with E-state index in [0.29, 0.717) is 28.3 Å². The van der Waals surface area contributed by atoms with Crippen LogP contribution in [-0.2, 0) is 6.42 Å². The Kier molecular flexibility index (Phi) is 7.92. The second-order valence-corrected chi connectivity index (χ2v) is 7.09. The Hall–Kier alpha value is -3.18. The van der Waals surface area contributed by atoms with E-state index in [9.17, 15) is 4.79 Å². The topological polar surface area (TPSA) is 91.9 Å². The largest absolute Gasteiger partial charge is 0.398 e. The normalized spacial score (nSPS) is 10.7. The summed E-state index contributed by atoms with van der Waals surface area (Å²) in [6.45, 7) is 10.0. The molecular formula is C23H25ClN4O. The number of anilines is 1. The summed E-state index contributed by atoms with van der Waals surface area (Å²) in [5, 5.41) is 11.4. The van der Waals surface area contributed by atoms with Gasteiger partial charge in [-0.25, -0.2) is 0 Å². The number of rotatable bonds is 9. The molecule has 2 rings (SSSR count). The lowest BCUT2D eigenvalue weighted by Crippen LogP contribution is -2.30. The molecule has 5 nitrogen and oxygen atoms in total. The second-order valence-electron chi connectivity index (χ2n) is 6.65. The molecule has 0 atom stereocenters. The third-order valence-corrected chi connectivity index (χ3v) is 4.50. The lowest BCUT2D eigenvalue weighted by molar-refractivity contribution is 0.0959. The predicted molar refractivity (Wildman–Crippen MR) is 121 cm³/mol. The van der Waals surface area contributed by atoms with Crippen LogP contribution in [-0.4, -0.2) is 23.1 Å². The number of amides is 1. The van der Waals surface area contributed by atoms with Crippen molar-refractivity contribution in [1.82, 2.24) is 10.3 Å². The summed E-state index contributed by atoms with van der Waals surface area (Å²) in [4.78, 5) is 16.6. The first-order valence-corrected chi connectivity index (χ1v) is 9.56. The van der Waals surface area contributed by atoms with Gasteiger partial charge in [-0.15, -0.1) is 0 Å². The van der Waals surface area contributed by atoms with Crippen LogP contribution in [0.25, 0.3) is 0 Å². The van der Waals surface area contributed by atoms with E-state index in [1.54, 1.807) is 30.5 Å². The lowest BCUT2D eigenvalue weighted by Gasteiger charge is -2.10. The van der Waals surface area contributed by atoms with Gasteiger partial charge in [0.2, 0.25) is 0 Å². The molecule has 1 heterocycles. The molecule has 0 spiro atoms. The van der Waals surface area contributed by atoms with Crippen molar-refractivity contribution in [1.29, 1.82) is 5.41 Å². The van der Waals surface area contributed by atoms with E-state index in [0.717, 1.165) is 23.1 Å². The highest BCUT2D eigenvalue weighted by Gasteiger charge is 2.11. The van der Waals surface area contributed by atoms with Crippen molar-refractivity contribution in [2.24, 2.45) is 0 Å². The molecule has 1 aromatic carbocycles. The van der Waals surface area contributed by atoms with Crippen LogP contribution in [0.4, 0.5) is 5.69 Å². The van der Waals surface area contributed by atoms with Gasteiger partial charge < -0.3 is 16.5 Å². The number of carbonyl (C=O) groups excluding carboxylic acids is 1. The summed E-state index contributed by atoms with van der Waals surface area (Å²) in [5.74, 6) is -0.315. The zero-order chi connectivity index (χ0) is 21.4. The predicted octanol–water partition coefficient (Wildman–Crippen LogP) is 4.74. The molecule has 2 aromatic rings. The number of benzene rings is 1. The number of nitrogens with two attached hydrogens (primary N) is 1. The maximum Gasteiger partial charge on any atom is 0.253 e. The monoisotopic (exact) mass is 408 g/mol. The number of carbonyl (C=O) groups is 1. The van der Waals surface area contributed by atoms with Gasteiger partial charge >= 0.3 is 0 Å². The molecule has 29 heavy (non-hydrogen) atoms. The summed E-state index contributed by atoms with van der Waals surface area (Å²) < 4.78 is 0. The van der Waals surface area contributed by atoms with E-state index in [4.69, 9.17) is 22.7 Å². The summed E-state index contributed by atoms with van der Waals surface area (Å²) in [6, 6.07) is 6.68. The van der Waals surface area contributed by atoms with Crippen molar-refractivity contribution < 1.29 is 4.79 Å². The average Bonchev–Trinajstić information content (AvgIpc) is 2.71. The van der Waals surface area contributed by atoms with Crippen molar-refractivity contribution in [2.45, 2.75) is 19.8 Å². The van der Waals surface area contributed by atoms with Crippen LogP contribution in [0.3, 0.4) is 0 Å². The molecule has 0 saturated carbocycles. The smallest absolute Gasteiger partial charge is 0.253 e. The van der Waals surface area contributed by atoms with E-state index in [1.165, 1.54) is 6.20 Å². The first-order valence-electron chi connectivity index (χ1n) is 9.18. The number of aromatic nitrogens is 1. The van der Waals surface area contributed by atoms with Crippen molar-refractivity contribution in [3.8, 4) is 0 Å². The van der Waals surface area contributed by atoms with Crippen LogP contribution < -0.4 is 11.1 Å². The Balaban J connectivity index is 1.99. The third-order valence-electron chi connectivity index (χ3n) is 4.26. The summed E-state index contributed by atoms with van der Waals surface area (Å²) in [5.41, 5.74) is 10.2. The van der Waals surface area contributed by atoms with Gasteiger partial charge in [0, 0.05) is 28.7 Å². The van der Waals surface area contributed by atoms with Crippen LogP contribution in [0.15, 0.2) is 73.1 Å². The first kappa shape index (κ1) is 22.1. The highest BCUT2D eigenvalue weighted by Crippen LogP contribution is 2.18. The fourth-order valence-electron chi connectivity index (χ4n) is 2.54. The number of nitrogen functional groups attached to an aromatic ring is 1. The number of pyridine rings is 1. The summed E-state index contributed by atoms with van der Waals surface area (Å²) in [6.07, 6.45) is 8.54. The highest BCUT2D eigenvalue weighted by molar-refractivity contribution is 6.31. The van der Waals surface area contributed by atoms with E-state index in [2.05, 4.69) is 23.5 Å². The van der Waals surface area contributed by atoms with Gasteiger partial charge in [0.05, 0.1) is 17.8 Å². The molecule has 1 amide bonds. The van der Waals surface area contributed by atoms with Gasteiger partial charge in [-0.3, -0.25) is 9.78 Å². The average molecular weight is 409 g/mol. The number of hydrogen-bond donors (Lipinski definition) is 3. The molecule has 1 aromatic heterocycles. The van der Waals surface area contributed by atoms with Gasteiger partial charge in [-0.05, 0) is 42.7 Å².